The monoisotopic (exact) mass is 279 g/mol. The molecule has 0 bridgehead atoms. The first-order valence-electron chi connectivity index (χ1n) is 7.29. The zero-order chi connectivity index (χ0) is 13.5. The third kappa shape index (κ3) is 4.83. The van der Waals surface area contributed by atoms with Crippen LogP contribution >= 0.6 is 11.8 Å². The summed E-state index contributed by atoms with van der Waals surface area (Å²) < 4.78 is 5.67. The van der Waals surface area contributed by atoms with Gasteiger partial charge in [0.1, 0.15) is 0 Å². The molecule has 0 aromatic heterocycles. The van der Waals surface area contributed by atoms with Crippen molar-refractivity contribution in [2.45, 2.75) is 38.8 Å². The smallest absolute Gasteiger partial charge is 0.0666 e. The lowest BCUT2D eigenvalue weighted by Crippen LogP contribution is -2.23. The van der Waals surface area contributed by atoms with Crippen molar-refractivity contribution in [3.8, 4) is 0 Å². The molecule has 0 saturated carbocycles. The third-order valence-electron chi connectivity index (χ3n) is 3.54. The number of nitrogens with one attached hydrogen (secondary N) is 1. The van der Waals surface area contributed by atoms with Crippen LogP contribution in [0.4, 0.5) is 0 Å². The van der Waals surface area contributed by atoms with Crippen molar-refractivity contribution in [1.82, 2.24) is 5.32 Å². The molecule has 1 heterocycles. The van der Waals surface area contributed by atoms with Crippen LogP contribution in [0.15, 0.2) is 24.3 Å². The molecule has 0 aliphatic carbocycles. The molecule has 2 atom stereocenters. The average molecular weight is 279 g/mol. The Kier molecular flexibility index (Phi) is 6.21. The minimum atomic E-state index is 0.456. The predicted octanol–water partition coefficient (Wildman–Crippen LogP) is 3.56. The lowest BCUT2D eigenvalue weighted by atomic mass is 10.1. The molecule has 1 aromatic carbocycles. The van der Waals surface area contributed by atoms with Crippen LogP contribution < -0.4 is 5.32 Å². The van der Waals surface area contributed by atoms with E-state index in [1.807, 2.05) is 11.8 Å². The van der Waals surface area contributed by atoms with E-state index in [2.05, 4.69) is 43.4 Å². The molecular weight excluding hydrogens is 254 g/mol. The Morgan fingerprint density at radius 1 is 1.37 bits per heavy atom. The molecule has 1 fully saturated rings. The Hall–Kier alpha value is -0.510. The number of thioether (sulfide) groups is 1. The van der Waals surface area contributed by atoms with Crippen LogP contribution in [-0.2, 0) is 4.74 Å². The van der Waals surface area contributed by atoms with E-state index in [1.165, 1.54) is 24.0 Å². The van der Waals surface area contributed by atoms with Crippen molar-refractivity contribution in [2.24, 2.45) is 0 Å². The van der Waals surface area contributed by atoms with Gasteiger partial charge in [-0.15, -0.1) is 0 Å². The molecule has 2 rings (SSSR count). The van der Waals surface area contributed by atoms with E-state index in [4.69, 9.17) is 4.74 Å². The van der Waals surface area contributed by atoms with E-state index in [0.29, 0.717) is 12.1 Å². The molecule has 0 radical (unpaired) electrons. The Morgan fingerprint density at radius 3 is 2.79 bits per heavy atom. The summed E-state index contributed by atoms with van der Waals surface area (Å²) in [5, 5.41) is 3.58. The van der Waals surface area contributed by atoms with E-state index in [-0.39, 0.29) is 0 Å². The average Bonchev–Trinajstić information content (AvgIpc) is 2.92. The SMILES string of the molecule is CCNC(CSCC1CCCO1)c1ccc(C)cc1. The highest BCUT2D eigenvalue weighted by atomic mass is 32.2. The number of hydrogen-bond acceptors (Lipinski definition) is 3. The first kappa shape index (κ1) is 14.9. The van der Waals surface area contributed by atoms with Gasteiger partial charge in [-0.2, -0.15) is 11.8 Å². The van der Waals surface area contributed by atoms with Crippen LogP contribution in [0, 0.1) is 6.92 Å². The zero-order valence-corrected chi connectivity index (χ0v) is 12.8. The van der Waals surface area contributed by atoms with Crippen molar-refractivity contribution in [3.05, 3.63) is 35.4 Å². The maximum Gasteiger partial charge on any atom is 0.0666 e. The minimum Gasteiger partial charge on any atom is -0.377 e. The number of aryl methyl sites for hydroxylation is 1. The van der Waals surface area contributed by atoms with Crippen LogP contribution in [0.2, 0.25) is 0 Å². The summed E-state index contributed by atoms with van der Waals surface area (Å²) in [6.45, 7) is 6.28. The lowest BCUT2D eigenvalue weighted by Gasteiger charge is -2.19. The topological polar surface area (TPSA) is 21.3 Å². The van der Waals surface area contributed by atoms with Crippen LogP contribution in [0.25, 0.3) is 0 Å². The summed E-state index contributed by atoms with van der Waals surface area (Å²) in [6, 6.07) is 9.34. The van der Waals surface area contributed by atoms with Crippen LogP contribution in [-0.4, -0.2) is 30.8 Å². The summed E-state index contributed by atoms with van der Waals surface area (Å²) in [6.07, 6.45) is 2.97. The second-order valence-corrected chi connectivity index (χ2v) is 6.27. The van der Waals surface area contributed by atoms with Crippen molar-refractivity contribution in [2.75, 3.05) is 24.7 Å². The Labute approximate surface area is 121 Å². The van der Waals surface area contributed by atoms with E-state index in [0.717, 1.165) is 24.7 Å². The highest BCUT2D eigenvalue weighted by Gasteiger charge is 2.17. The number of benzene rings is 1. The summed E-state index contributed by atoms with van der Waals surface area (Å²) in [7, 11) is 0. The van der Waals surface area contributed by atoms with Crippen molar-refractivity contribution in [3.63, 3.8) is 0 Å². The molecule has 0 spiro atoms. The van der Waals surface area contributed by atoms with Crippen LogP contribution in [0.1, 0.15) is 36.9 Å². The van der Waals surface area contributed by atoms with Gasteiger partial charge in [0, 0.05) is 24.2 Å². The van der Waals surface area contributed by atoms with Crippen molar-refractivity contribution < 1.29 is 4.74 Å². The molecule has 1 saturated heterocycles. The fourth-order valence-corrected chi connectivity index (χ4v) is 3.62. The quantitative estimate of drug-likeness (QED) is 0.824. The second-order valence-electron chi connectivity index (χ2n) is 5.19. The first-order valence-corrected chi connectivity index (χ1v) is 8.44. The molecule has 106 valence electrons. The molecule has 1 N–H and O–H groups in total. The minimum absolute atomic E-state index is 0.456. The van der Waals surface area contributed by atoms with Crippen molar-refractivity contribution in [1.29, 1.82) is 0 Å². The maximum absolute atomic E-state index is 5.67. The van der Waals surface area contributed by atoms with Crippen LogP contribution in [0.3, 0.4) is 0 Å². The van der Waals surface area contributed by atoms with Gasteiger partial charge in [-0.05, 0) is 31.9 Å². The maximum atomic E-state index is 5.67. The third-order valence-corrected chi connectivity index (χ3v) is 4.72. The second kappa shape index (κ2) is 7.93. The van der Waals surface area contributed by atoms with Gasteiger partial charge in [0.15, 0.2) is 0 Å². The standard InChI is InChI=1S/C16H25NOS/c1-3-17-16(14-8-6-13(2)7-9-14)12-19-11-15-5-4-10-18-15/h6-9,15-17H,3-5,10-12H2,1-2H3. The number of hydrogen-bond donors (Lipinski definition) is 1. The normalized spacial score (nSPS) is 20.6. The summed E-state index contributed by atoms with van der Waals surface area (Å²) in [5.74, 6) is 2.25. The zero-order valence-electron chi connectivity index (χ0n) is 12.0. The molecule has 0 amide bonds. The van der Waals surface area contributed by atoms with Gasteiger partial charge < -0.3 is 10.1 Å². The summed E-state index contributed by atoms with van der Waals surface area (Å²) >= 11 is 2.01. The Morgan fingerprint density at radius 2 is 2.16 bits per heavy atom. The fourth-order valence-electron chi connectivity index (χ4n) is 2.41. The Balaban J connectivity index is 1.82. The van der Waals surface area contributed by atoms with E-state index in [1.54, 1.807) is 0 Å². The van der Waals surface area contributed by atoms with Gasteiger partial charge in [-0.3, -0.25) is 0 Å². The largest absolute Gasteiger partial charge is 0.377 e. The van der Waals surface area contributed by atoms with Gasteiger partial charge in [0.05, 0.1) is 6.10 Å². The van der Waals surface area contributed by atoms with Crippen LogP contribution in [0.5, 0.6) is 0 Å². The van der Waals surface area contributed by atoms with E-state index in [9.17, 15) is 0 Å². The van der Waals surface area contributed by atoms with E-state index >= 15 is 0 Å². The van der Waals surface area contributed by atoms with Gasteiger partial charge >= 0.3 is 0 Å². The molecule has 1 aliphatic rings. The fraction of sp³-hybridized carbons (Fsp3) is 0.625. The van der Waals surface area contributed by atoms with Crippen molar-refractivity contribution >= 4 is 11.8 Å². The van der Waals surface area contributed by atoms with Gasteiger partial charge in [-0.25, -0.2) is 0 Å². The highest BCUT2D eigenvalue weighted by molar-refractivity contribution is 7.99. The molecule has 1 aromatic rings. The molecular formula is C16H25NOS. The Bertz CT molecular complexity index is 360. The molecule has 2 unspecified atom stereocenters. The van der Waals surface area contributed by atoms with E-state index < -0.39 is 0 Å². The summed E-state index contributed by atoms with van der Waals surface area (Å²) in [5.41, 5.74) is 2.72. The predicted molar refractivity (Wildman–Crippen MR) is 83.9 cm³/mol. The molecule has 1 aliphatic heterocycles. The molecule has 3 heteroatoms. The first-order chi connectivity index (χ1) is 9.29. The lowest BCUT2D eigenvalue weighted by molar-refractivity contribution is 0.129. The number of rotatable bonds is 7. The van der Waals surface area contributed by atoms with Gasteiger partial charge in [0.2, 0.25) is 0 Å². The highest BCUT2D eigenvalue weighted by Crippen LogP contribution is 2.22. The number of ether oxygens (including phenoxy) is 1. The van der Waals surface area contributed by atoms with Gasteiger partial charge in [0.25, 0.3) is 0 Å². The van der Waals surface area contributed by atoms with Gasteiger partial charge in [-0.1, -0.05) is 36.8 Å². The summed E-state index contributed by atoms with van der Waals surface area (Å²) in [4.78, 5) is 0. The molecule has 19 heavy (non-hydrogen) atoms. The molecule has 2 nitrogen and oxygen atoms in total.